The van der Waals surface area contributed by atoms with Gasteiger partial charge in [0, 0.05) is 12.2 Å². The summed E-state index contributed by atoms with van der Waals surface area (Å²) in [5, 5.41) is 41.8. The van der Waals surface area contributed by atoms with Crippen molar-refractivity contribution in [1.82, 2.24) is 0 Å². The van der Waals surface area contributed by atoms with Crippen LogP contribution in [0.3, 0.4) is 0 Å². The Morgan fingerprint density at radius 3 is 1.68 bits per heavy atom. The van der Waals surface area contributed by atoms with Gasteiger partial charge < -0.3 is 25.5 Å². The van der Waals surface area contributed by atoms with E-state index in [2.05, 4.69) is 0 Å². The predicted octanol–water partition coefficient (Wildman–Crippen LogP) is 0.508. The highest BCUT2D eigenvalue weighted by Gasteiger charge is 2.08. The van der Waals surface area contributed by atoms with E-state index in [-0.39, 0.29) is 17.1 Å². The van der Waals surface area contributed by atoms with Gasteiger partial charge in [-0.05, 0) is 18.2 Å². The minimum Gasteiger partial charge on any atom is -0.508 e. The topological polar surface area (TPSA) is 152 Å². The van der Waals surface area contributed by atoms with Crippen molar-refractivity contribution in [1.29, 1.82) is 0 Å². The quantitative estimate of drug-likeness (QED) is 0.393. The van der Waals surface area contributed by atoms with Crippen LogP contribution in [0.25, 0.3) is 0 Å². The number of rotatable bonds is 3. The van der Waals surface area contributed by atoms with Crippen molar-refractivity contribution in [3.8, 4) is 11.5 Å². The van der Waals surface area contributed by atoms with Crippen LogP contribution in [-0.4, -0.2) is 43.4 Å². The van der Waals surface area contributed by atoms with Crippen LogP contribution in [0.2, 0.25) is 0 Å². The first kappa shape index (κ1) is 16.0. The molecule has 0 aliphatic heterocycles. The van der Waals surface area contributed by atoms with E-state index in [4.69, 9.17) is 25.5 Å². The van der Waals surface area contributed by atoms with Gasteiger partial charge in [-0.2, -0.15) is 0 Å². The number of phenols is 2. The Bertz CT molecular complexity index is 501. The average Bonchev–Trinajstić information content (AvgIpc) is 2.30. The number of phenolic OH excluding ortho intramolecular Hbond substituents is 1. The van der Waals surface area contributed by atoms with Crippen LogP contribution in [0.15, 0.2) is 30.4 Å². The first-order valence-corrected chi connectivity index (χ1v) is 4.63. The van der Waals surface area contributed by atoms with E-state index in [1.54, 1.807) is 0 Å². The molecule has 19 heavy (non-hydrogen) atoms. The molecule has 5 N–H and O–H groups in total. The molecule has 102 valence electrons. The number of aromatic carboxylic acids is 1. The number of carboxylic acid groups (broad SMARTS) is 3. The third kappa shape index (κ3) is 7.00. The van der Waals surface area contributed by atoms with E-state index in [1.165, 1.54) is 6.07 Å². The Labute approximate surface area is 106 Å². The third-order valence-corrected chi connectivity index (χ3v) is 1.58. The number of carboxylic acids is 3. The molecule has 0 unspecified atom stereocenters. The maximum atomic E-state index is 10.3. The van der Waals surface area contributed by atoms with Gasteiger partial charge in [0.25, 0.3) is 0 Å². The van der Waals surface area contributed by atoms with E-state index in [0.29, 0.717) is 12.2 Å². The van der Waals surface area contributed by atoms with Crippen LogP contribution in [-0.2, 0) is 9.59 Å². The van der Waals surface area contributed by atoms with Crippen molar-refractivity contribution in [2.24, 2.45) is 0 Å². The summed E-state index contributed by atoms with van der Waals surface area (Å²) < 4.78 is 0. The highest BCUT2D eigenvalue weighted by molar-refractivity contribution is 5.91. The lowest BCUT2D eigenvalue weighted by atomic mass is 10.2. The standard InChI is InChI=1S/C7H6O4.C4H4O4/c8-4-1-2-6(9)5(3-4)7(10)11;5-3(6)1-2-4(7)8/h1-3,8-9H,(H,10,11);1-2H,(H,5,6)(H,7,8). The average molecular weight is 270 g/mol. The first-order chi connectivity index (χ1) is 8.73. The van der Waals surface area contributed by atoms with Crippen molar-refractivity contribution in [2.75, 3.05) is 0 Å². The van der Waals surface area contributed by atoms with Gasteiger partial charge in [0.05, 0.1) is 0 Å². The summed E-state index contributed by atoms with van der Waals surface area (Å²) in [6.07, 6.45) is 1.12. The Kier molecular flexibility index (Phi) is 6.16. The molecule has 0 spiro atoms. The Hall–Kier alpha value is -3.03. The van der Waals surface area contributed by atoms with Gasteiger partial charge in [-0.1, -0.05) is 0 Å². The van der Waals surface area contributed by atoms with E-state index in [0.717, 1.165) is 12.1 Å². The third-order valence-electron chi connectivity index (χ3n) is 1.58. The summed E-state index contributed by atoms with van der Waals surface area (Å²) in [4.78, 5) is 29.4. The minimum atomic E-state index is -1.27. The predicted molar refractivity (Wildman–Crippen MR) is 61.1 cm³/mol. The molecule has 0 fully saturated rings. The van der Waals surface area contributed by atoms with Crippen LogP contribution >= 0.6 is 0 Å². The highest BCUT2D eigenvalue weighted by Crippen LogP contribution is 2.21. The van der Waals surface area contributed by atoms with Crippen LogP contribution in [0, 0.1) is 0 Å². The van der Waals surface area contributed by atoms with E-state index >= 15 is 0 Å². The summed E-state index contributed by atoms with van der Waals surface area (Å²) >= 11 is 0. The zero-order chi connectivity index (χ0) is 15.0. The second-order valence-corrected chi connectivity index (χ2v) is 3.02. The molecule has 0 radical (unpaired) electrons. The monoisotopic (exact) mass is 270 g/mol. The molecule has 8 nitrogen and oxygen atoms in total. The van der Waals surface area contributed by atoms with Crippen molar-refractivity contribution in [2.45, 2.75) is 0 Å². The number of benzene rings is 1. The number of hydrogen-bond acceptors (Lipinski definition) is 5. The van der Waals surface area contributed by atoms with E-state index in [1.807, 2.05) is 0 Å². The molecule has 8 heteroatoms. The normalized spacial score (nSPS) is 9.47. The largest absolute Gasteiger partial charge is 0.508 e. The fraction of sp³-hybridized carbons (Fsp3) is 0. The summed E-state index contributed by atoms with van der Waals surface area (Å²) in [6, 6.07) is 3.32. The first-order valence-electron chi connectivity index (χ1n) is 4.63. The summed E-state index contributed by atoms with van der Waals surface area (Å²) in [5.74, 6) is -4.31. The minimum absolute atomic E-state index is 0.180. The molecular formula is C11H10O8. The molecule has 0 saturated heterocycles. The van der Waals surface area contributed by atoms with Crippen LogP contribution < -0.4 is 0 Å². The van der Waals surface area contributed by atoms with Crippen molar-refractivity contribution < 1.29 is 39.9 Å². The number of aliphatic carboxylic acids is 2. The van der Waals surface area contributed by atoms with Crippen molar-refractivity contribution >= 4 is 17.9 Å². The zero-order valence-electron chi connectivity index (χ0n) is 9.35. The number of aromatic hydroxyl groups is 2. The van der Waals surface area contributed by atoms with Gasteiger partial charge in [-0.15, -0.1) is 0 Å². The van der Waals surface area contributed by atoms with Gasteiger partial charge in [0.15, 0.2) is 0 Å². The lowest BCUT2D eigenvalue weighted by Gasteiger charge is -1.98. The number of carbonyl (C=O) groups is 3. The Morgan fingerprint density at radius 1 is 0.895 bits per heavy atom. The second-order valence-electron chi connectivity index (χ2n) is 3.02. The molecule has 0 heterocycles. The fourth-order valence-corrected chi connectivity index (χ4v) is 0.838. The molecule has 0 aliphatic rings. The molecular weight excluding hydrogens is 260 g/mol. The number of hydrogen-bond donors (Lipinski definition) is 5. The molecule has 0 saturated carbocycles. The second kappa shape index (κ2) is 7.33. The summed E-state index contributed by atoms with van der Waals surface area (Å²) in [6.45, 7) is 0. The summed E-state index contributed by atoms with van der Waals surface area (Å²) in [7, 11) is 0. The maximum absolute atomic E-state index is 10.3. The molecule has 1 rings (SSSR count). The highest BCUT2D eigenvalue weighted by atomic mass is 16.4. The lowest BCUT2D eigenvalue weighted by Crippen LogP contribution is -1.95. The van der Waals surface area contributed by atoms with Gasteiger partial charge in [-0.3, -0.25) is 0 Å². The maximum Gasteiger partial charge on any atom is 0.339 e. The van der Waals surface area contributed by atoms with E-state index < -0.39 is 17.9 Å². The Morgan fingerprint density at radius 2 is 1.37 bits per heavy atom. The van der Waals surface area contributed by atoms with Crippen LogP contribution in [0.5, 0.6) is 11.5 Å². The molecule has 1 aromatic carbocycles. The van der Waals surface area contributed by atoms with Gasteiger partial charge >= 0.3 is 17.9 Å². The Balaban J connectivity index is 0.000000362. The van der Waals surface area contributed by atoms with Gasteiger partial charge in [-0.25, -0.2) is 14.4 Å². The van der Waals surface area contributed by atoms with Crippen molar-refractivity contribution in [3.63, 3.8) is 0 Å². The van der Waals surface area contributed by atoms with Gasteiger partial charge in [0.2, 0.25) is 0 Å². The molecule has 0 atom stereocenters. The lowest BCUT2D eigenvalue weighted by molar-refractivity contribution is -0.134. The van der Waals surface area contributed by atoms with E-state index in [9.17, 15) is 14.4 Å². The van der Waals surface area contributed by atoms with Crippen molar-refractivity contribution in [3.05, 3.63) is 35.9 Å². The smallest absolute Gasteiger partial charge is 0.339 e. The van der Waals surface area contributed by atoms with Crippen LogP contribution in [0.1, 0.15) is 10.4 Å². The summed E-state index contributed by atoms with van der Waals surface area (Å²) in [5.41, 5.74) is -0.301. The molecule has 0 bridgehead atoms. The molecule has 0 aromatic heterocycles. The fourth-order valence-electron chi connectivity index (χ4n) is 0.838. The molecule has 1 aromatic rings. The molecule has 0 aliphatic carbocycles. The zero-order valence-corrected chi connectivity index (χ0v) is 9.35. The van der Waals surface area contributed by atoms with Gasteiger partial charge in [0.1, 0.15) is 17.1 Å². The molecule has 0 amide bonds. The SMILES string of the molecule is O=C(O)C=CC(=O)O.O=C(O)c1cc(O)ccc1O. The van der Waals surface area contributed by atoms with Crippen LogP contribution in [0.4, 0.5) is 0 Å².